The molecule has 104 valence electrons. The summed E-state index contributed by atoms with van der Waals surface area (Å²) in [6.45, 7) is 2.20. The van der Waals surface area contributed by atoms with Gasteiger partial charge in [-0.1, -0.05) is 35.9 Å². The van der Waals surface area contributed by atoms with Gasteiger partial charge in [0.25, 0.3) is 0 Å². The van der Waals surface area contributed by atoms with E-state index in [1.165, 1.54) is 11.6 Å². The third kappa shape index (κ3) is 2.79. The fraction of sp³-hybridized carbons (Fsp3) is 0.250. The Balaban J connectivity index is 1.57. The average molecular weight is 292 g/mol. The highest BCUT2D eigenvalue weighted by atomic mass is 35.5. The van der Waals surface area contributed by atoms with Crippen molar-refractivity contribution in [3.8, 4) is 5.75 Å². The van der Waals surface area contributed by atoms with Crippen molar-refractivity contribution in [2.45, 2.75) is 12.5 Å². The van der Waals surface area contributed by atoms with Crippen molar-refractivity contribution in [2.24, 2.45) is 0 Å². The molecule has 2 aromatic rings. The molecule has 2 aromatic carbocycles. The second-order valence-corrected chi connectivity index (χ2v) is 5.33. The van der Waals surface area contributed by atoms with E-state index in [1.807, 2.05) is 18.2 Å². The van der Waals surface area contributed by atoms with Crippen molar-refractivity contribution in [3.05, 3.63) is 64.4 Å². The van der Waals surface area contributed by atoms with Crippen LogP contribution in [0.25, 0.3) is 0 Å². The maximum Gasteiger partial charge on any atom is 0.141 e. The van der Waals surface area contributed by atoms with Crippen molar-refractivity contribution < 1.29 is 9.13 Å². The predicted octanol–water partition coefficient (Wildman–Crippen LogP) is 3.74. The molecule has 0 bridgehead atoms. The number of para-hydroxylation sites is 1. The molecule has 1 aliphatic rings. The molecule has 4 heteroatoms. The standard InChI is InChI=1S/C16H15ClFNO/c17-14-7-11(5-6-15(14)18)8-19-9-12-10-20-16-4-2-1-3-13(12)16/h1-7,12,19H,8-10H2. The fourth-order valence-corrected chi connectivity index (χ4v) is 2.64. The van der Waals surface area contributed by atoms with E-state index in [-0.39, 0.29) is 10.8 Å². The molecule has 0 radical (unpaired) electrons. The van der Waals surface area contributed by atoms with Crippen LogP contribution < -0.4 is 10.1 Å². The van der Waals surface area contributed by atoms with E-state index in [4.69, 9.17) is 16.3 Å². The van der Waals surface area contributed by atoms with Crippen LogP contribution in [-0.4, -0.2) is 13.2 Å². The molecule has 3 rings (SSSR count). The van der Waals surface area contributed by atoms with Crippen LogP contribution in [0, 0.1) is 5.82 Å². The van der Waals surface area contributed by atoms with Crippen LogP contribution >= 0.6 is 11.6 Å². The summed E-state index contributed by atoms with van der Waals surface area (Å²) in [4.78, 5) is 0. The van der Waals surface area contributed by atoms with E-state index < -0.39 is 0 Å². The molecular weight excluding hydrogens is 277 g/mol. The molecule has 1 atom stereocenters. The Labute approximate surface area is 122 Å². The summed E-state index contributed by atoms with van der Waals surface area (Å²) in [5, 5.41) is 3.54. The molecule has 1 N–H and O–H groups in total. The minimum atomic E-state index is -0.381. The maximum absolute atomic E-state index is 13.1. The van der Waals surface area contributed by atoms with Gasteiger partial charge in [0.1, 0.15) is 11.6 Å². The summed E-state index contributed by atoms with van der Waals surface area (Å²) in [6.07, 6.45) is 0. The molecule has 1 aliphatic heterocycles. The van der Waals surface area contributed by atoms with Crippen molar-refractivity contribution >= 4 is 11.6 Å². The fourth-order valence-electron chi connectivity index (χ4n) is 2.44. The number of fused-ring (bicyclic) bond motifs is 1. The van der Waals surface area contributed by atoms with E-state index in [0.29, 0.717) is 19.1 Å². The quantitative estimate of drug-likeness (QED) is 0.926. The first-order valence-electron chi connectivity index (χ1n) is 6.60. The van der Waals surface area contributed by atoms with Crippen LogP contribution in [0.15, 0.2) is 42.5 Å². The SMILES string of the molecule is Fc1ccc(CNCC2COc3ccccc32)cc1Cl. The zero-order chi connectivity index (χ0) is 13.9. The summed E-state index contributed by atoms with van der Waals surface area (Å²) >= 11 is 5.76. The van der Waals surface area contributed by atoms with Gasteiger partial charge in [-0.05, 0) is 23.8 Å². The highest BCUT2D eigenvalue weighted by Gasteiger charge is 2.22. The average Bonchev–Trinajstić information content (AvgIpc) is 2.86. The zero-order valence-corrected chi connectivity index (χ0v) is 11.7. The monoisotopic (exact) mass is 291 g/mol. The minimum Gasteiger partial charge on any atom is -0.493 e. The lowest BCUT2D eigenvalue weighted by molar-refractivity contribution is 0.326. The van der Waals surface area contributed by atoms with Gasteiger partial charge in [0.15, 0.2) is 0 Å². The Morgan fingerprint density at radius 2 is 2.10 bits per heavy atom. The van der Waals surface area contributed by atoms with Gasteiger partial charge in [0.05, 0.1) is 11.6 Å². The third-order valence-electron chi connectivity index (χ3n) is 3.50. The number of ether oxygens (including phenoxy) is 1. The Morgan fingerprint density at radius 3 is 2.95 bits per heavy atom. The lowest BCUT2D eigenvalue weighted by Crippen LogP contribution is -2.22. The topological polar surface area (TPSA) is 21.3 Å². The lowest BCUT2D eigenvalue weighted by Gasteiger charge is -2.10. The number of hydrogen-bond acceptors (Lipinski definition) is 2. The molecule has 0 aliphatic carbocycles. The van der Waals surface area contributed by atoms with Crippen LogP contribution in [0.3, 0.4) is 0 Å². The van der Waals surface area contributed by atoms with E-state index >= 15 is 0 Å². The Bertz CT molecular complexity index is 617. The van der Waals surface area contributed by atoms with E-state index in [1.54, 1.807) is 12.1 Å². The maximum atomic E-state index is 13.1. The normalized spacial score (nSPS) is 16.8. The van der Waals surface area contributed by atoms with Crippen LogP contribution in [0.4, 0.5) is 4.39 Å². The van der Waals surface area contributed by atoms with Gasteiger partial charge < -0.3 is 10.1 Å². The number of hydrogen-bond donors (Lipinski definition) is 1. The molecule has 1 unspecified atom stereocenters. The predicted molar refractivity (Wildman–Crippen MR) is 77.8 cm³/mol. The molecule has 20 heavy (non-hydrogen) atoms. The second-order valence-electron chi connectivity index (χ2n) is 4.93. The number of benzene rings is 2. The van der Waals surface area contributed by atoms with Gasteiger partial charge in [-0.3, -0.25) is 0 Å². The molecule has 1 heterocycles. The van der Waals surface area contributed by atoms with Gasteiger partial charge in [0, 0.05) is 24.6 Å². The molecule has 0 saturated carbocycles. The molecule has 0 spiro atoms. The molecule has 2 nitrogen and oxygen atoms in total. The van der Waals surface area contributed by atoms with Gasteiger partial charge in [0.2, 0.25) is 0 Å². The van der Waals surface area contributed by atoms with E-state index in [0.717, 1.165) is 17.9 Å². The number of halogens is 2. The molecule has 0 fully saturated rings. The molecule has 0 amide bonds. The van der Waals surface area contributed by atoms with Crippen LogP contribution in [0.1, 0.15) is 17.0 Å². The summed E-state index contributed by atoms with van der Waals surface area (Å²) in [7, 11) is 0. The summed E-state index contributed by atoms with van der Waals surface area (Å²) in [5.41, 5.74) is 2.22. The molecular formula is C16H15ClFNO. The first kappa shape index (κ1) is 13.4. The molecule has 0 aromatic heterocycles. The summed E-state index contributed by atoms with van der Waals surface area (Å²) < 4.78 is 18.7. The van der Waals surface area contributed by atoms with Crippen molar-refractivity contribution in [3.63, 3.8) is 0 Å². The van der Waals surface area contributed by atoms with Gasteiger partial charge in [-0.15, -0.1) is 0 Å². The highest BCUT2D eigenvalue weighted by Crippen LogP contribution is 2.32. The lowest BCUT2D eigenvalue weighted by atomic mass is 10.0. The van der Waals surface area contributed by atoms with E-state index in [9.17, 15) is 4.39 Å². The number of nitrogens with one attached hydrogen (secondary N) is 1. The van der Waals surface area contributed by atoms with Gasteiger partial charge in [-0.25, -0.2) is 4.39 Å². The van der Waals surface area contributed by atoms with Crippen molar-refractivity contribution in [2.75, 3.05) is 13.2 Å². The molecule has 0 saturated heterocycles. The first-order chi connectivity index (χ1) is 9.74. The highest BCUT2D eigenvalue weighted by molar-refractivity contribution is 6.30. The van der Waals surface area contributed by atoms with Gasteiger partial charge >= 0.3 is 0 Å². The van der Waals surface area contributed by atoms with Gasteiger partial charge in [-0.2, -0.15) is 0 Å². The van der Waals surface area contributed by atoms with Crippen LogP contribution in [0.5, 0.6) is 5.75 Å². The second kappa shape index (κ2) is 5.81. The Morgan fingerprint density at radius 1 is 1.25 bits per heavy atom. The van der Waals surface area contributed by atoms with Crippen molar-refractivity contribution in [1.82, 2.24) is 5.32 Å². The minimum absolute atomic E-state index is 0.166. The van der Waals surface area contributed by atoms with E-state index in [2.05, 4.69) is 11.4 Å². The summed E-state index contributed by atoms with van der Waals surface area (Å²) in [6, 6.07) is 12.9. The Kier molecular flexibility index (Phi) is 3.90. The van der Waals surface area contributed by atoms with Crippen molar-refractivity contribution in [1.29, 1.82) is 0 Å². The smallest absolute Gasteiger partial charge is 0.141 e. The Hall–Kier alpha value is -1.58. The van der Waals surface area contributed by atoms with Crippen LogP contribution in [-0.2, 0) is 6.54 Å². The summed E-state index contributed by atoms with van der Waals surface area (Å²) in [5.74, 6) is 0.958. The largest absolute Gasteiger partial charge is 0.493 e. The zero-order valence-electron chi connectivity index (χ0n) is 10.9. The third-order valence-corrected chi connectivity index (χ3v) is 3.79. The van der Waals surface area contributed by atoms with Crippen LogP contribution in [0.2, 0.25) is 5.02 Å². The first-order valence-corrected chi connectivity index (χ1v) is 6.98. The number of rotatable bonds is 4.